The van der Waals surface area contributed by atoms with Crippen molar-refractivity contribution in [1.82, 2.24) is 4.90 Å². The Labute approximate surface area is 178 Å². The molecule has 0 spiro atoms. The second-order valence-corrected chi connectivity index (χ2v) is 7.29. The normalized spacial score (nSPS) is 11.5. The van der Waals surface area contributed by atoms with E-state index in [1.54, 1.807) is 13.0 Å². The third-order valence-corrected chi connectivity index (χ3v) is 4.68. The van der Waals surface area contributed by atoms with Gasteiger partial charge in [-0.1, -0.05) is 36.7 Å². The molecule has 0 unspecified atom stereocenters. The minimum atomic E-state index is -4.58. The maximum atomic E-state index is 13.1. The maximum Gasteiger partial charge on any atom is 0.418 e. The lowest BCUT2D eigenvalue weighted by molar-refractivity contribution is -0.137. The maximum absolute atomic E-state index is 13.1. The summed E-state index contributed by atoms with van der Waals surface area (Å²) in [6, 6.07) is 8.35. The van der Waals surface area contributed by atoms with Crippen molar-refractivity contribution in [2.24, 2.45) is 0 Å². The lowest BCUT2D eigenvalue weighted by atomic mass is 10.1. The van der Waals surface area contributed by atoms with E-state index >= 15 is 0 Å². The molecular weight excluding hydrogens is 419 g/mol. The Bertz CT molecular complexity index is 909. The topological polar surface area (TPSA) is 61.4 Å². The van der Waals surface area contributed by atoms with Crippen molar-refractivity contribution in [3.8, 4) is 0 Å². The number of rotatable bonds is 7. The zero-order chi connectivity index (χ0) is 22.5. The number of para-hydroxylation sites is 1. The second kappa shape index (κ2) is 9.95. The molecule has 0 bridgehead atoms. The van der Waals surface area contributed by atoms with Crippen molar-refractivity contribution in [3.05, 3.63) is 58.1 Å². The van der Waals surface area contributed by atoms with E-state index in [4.69, 9.17) is 11.6 Å². The van der Waals surface area contributed by atoms with Gasteiger partial charge >= 0.3 is 6.18 Å². The SMILES string of the molecule is CCN(CC(=O)Nc1ccccc1C(F)(F)F)CC(=O)Nc1c(C)cc(C)cc1Cl. The molecule has 2 rings (SSSR count). The molecule has 0 aliphatic rings. The summed E-state index contributed by atoms with van der Waals surface area (Å²) < 4.78 is 39.2. The minimum Gasteiger partial charge on any atom is -0.324 e. The van der Waals surface area contributed by atoms with Crippen LogP contribution in [0.5, 0.6) is 0 Å². The molecule has 2 N–H and O–H groups in total. The van der Waals surface area contributed by atoms with Gasteiger partial charge in [-0.15, -0.1) is 0 Å². The monoisotopic (exact) mass is 441 g/mol. The average molecular weight is 442 g/mol. The summed E-state index contributed by atoms with van der Waals surface area (Å²) >= 11 is 6.19. The van der Waals surface area contributed by atoms with Crippen LogP contribution in [0.15, 0.2) is 36.4 Å². The smallest absolute Gasteiger partial charge is 0.324 e. The number of benzene rings is 2. The third-order valence-electron chi connectivity index (χ3n) is 4.38. The number of alkyl halides is 3. The Morgan fingerprint density at radius 2 is 1.63 bits per heavy atom. The highest BCUT2D eigenvalue weighted by atomic mass is 35.5. The first-order valence-electron chi connectivity index (χ1n) is 9.26. The van der Waals surface area contributed by atoms with Gasteiger partial charge in [-0.3, -0.25) is 14.5 Å². The molecule has 0 aliphatic heterocycles. The zero-order valence-corrected chi connectivity index (χ0v) is 17.6. The number of nitrogens with zero attached hydrogens (tertiary/aromatic N) is 1. The van der Waals surface area contributed by atoms with Crippen molar-refractivity contribution in [1.29, 1.82) is 0 Å². The summed E-state index contributed by atoms with van der Waals surface area (Å²) in [5.41, 5.74) is 1.01. The predicted octanol–water partition coefficient (Wildman–Crippen LogP) is 4.87. The van der Waals surface area contributed by atoms with Crippen LogP contribution in [0.1, 0.15) is 23.6 Å². The molecule has 0 saturated carbocycles. The summed E-state index contributed by atoms with van der Waals surface area (Å²) in [6.07, 6.45) is -4.58. The molecular formula is C21H23ClF3N3O2. The van der Waals surface area contributed by atoms with Gasteiger partial charge in [0.15, 0.2) is 0 Å². The van der Waals surface area contributed by atoms with Crippen LogP contribution in [-0.2, 0) is 15.8 Å². The van der Waals surface area contributed by atoms with Gasteiger partial charge in [0.25, 0.3) is 0 Å². The molecule has 5 nitrogen and oxygen atoms in total. The number of aryl methyl sites for hydroxylation is 2. The van der Waals surface area contributed by atoms with Crippen molar-refractivity contribution < 1.29 is 22.8 Å². The Hall–Kier alpha value is -2.58. The molecule has 2 aromatic carbocycles. The molecule has 0 saturated heterocycles. The first-order chi connectivity index (χ1) is 14.0. The first kappa shape index (κ1) is 23.7. The zero-order valence-electron chi connectivity index (χ0n) is 16.9. The number of hydrogen-bond acceptors (Lipinski definition) is 3. The molecule has 162 valence electrons. The summed E-state index contributed by atoms with van der Waals surface area (Å²) in [5.74, 6) is -1.03. The molecule has 0 aromatic heterocycles. The summed E-state index contributed by atoms with van der Waals surface area (Å²) in [6.45, 7) is 5.44. The fraction of sp³-hybridized carbons (Fsp3) is 0.333. The van der Waals surface area contributed by atoms with Gasteiger partial charge < -0.3 is 10.6 Å². The lowest BCUT2D eigenvalue weighted by Gasteiger charge is -2.21. The number of amides is 2. The van der Waals surface area contributed by atoms with E-state index < -0.39 is 17.6 Å². The van der Waals surface area contributed by atoms with E-state index in [-0.39, 0.29) is 24.7 Å². The first-order valence-corrected chi connectivity index (χ1v) is 9.64. The Morgan fingerprint density at radius 1 is 1.03 bits per heavy atom. The number of likely N-dealkylation sites (N-methyl/N-ethyl adjacent to an activating group) is 1. The summed E-state index contributed by atoms with van der Waals surface area (Å²) in [5, 5.41) is 5.41. The van der Waals surface area contributed by atoms with Crippen LogP contribution in [-0.4, -0.2) is 36.3 Å². The van der Waals surface area contributed by atoms with E-state index in [0.717, 1.165) is 17.2 Å². The van der Waals surface area contributed by atoms with E-state index in [0.29, 0.717) is 17.3 Å². The van der Waals surface area contributed by atoms with Gasteiger partial charge in [0.2, 0.25) is 11.8 Å². The lowest BCUT2D eigenvalue weighted by Crippen LogP contribution is -2.39. The number of halogens is 4. The average Bonchev–Trinajstić information content (AvgIpc) is 2.63. The van der Waals surface area contributed by atoms with E-state index in [2.05, 4.69) is 10.6 Å². The van der Waals surface area contributed by atoms with Crippen molar-refractivity contribution in [3.63, 3.8) is 0 Å². The Kier molecular flexibility index (Phi) is 7.86. The highest BCUT2D eigenvalue weighted by molar-refractivity contribution is 6.34. The fourth-order valence-electron chi connectivity index (χ4n) is 2.97. The van der Waals surface area contributed by atoms with Crippen LogP contribution < -0.4 is 10.6 Å². The molecule has 2 amide bonds. The highest BCUT2D eigenvalue weighted by Gasteiger charge is 2.33. The predicted molar refractivity (Wildman–Crippen MR) is 112 cm³/mol. The molecule has 0 fully saturated rings. The fourth-order valence-corrected chi connectivity index (χ4v) is 3.34. The van der Waals surface area contributed by atoms with Crippen molar-refractivity contribution >= 4 is 34.8 Å². The second-order valence-electron chi connectivity index (χ2n) is 6.88. The number of carbonyl (C=O) groups excluding carboxylic acids is 2. The molecule has 0 heterocycles. The van der Waals surface area contributed by atoms with Crippen molar-refractivity contribution in [2.45, 2.75) is 26.9 Å². The van der Waals surface area contributed by atoms with Gasteiger partial charge in [0, 0.05) is 0 Å². The molecule has 0 aliphatic carbocycles. The molecule has 9 heteroatoms. The summed E-state index contributed by atoms with van der Waals surface area (Å²) in [4.78, 5) is 26.2. The van der Waals surface area contributed by atoms with Crippen molar-refractivity contribution in [2.75, 3.05) is 30.3 Å². The van der Waals surface area contributed by atoms with E-state index in [1.807, 2.05) is 19.9 Å². The van der Waals surface area contributed by atoms with Gasteiger partial charge in [0.05, 0.1) is 35.1 Å². The Balaban J connectivity index is 2.01. The molecule has 0 radical (unpaired) electrons. The van der Waals surface area contributed by atoms with Crippen LogP contribution >= 0.6 is 11.6 Å². The van der Waals surface area contributed by atoms with Crippen LogP contribution in [0, 0.1) is 13.8 Å². The number of hydrogen-bond donors (Lipinski definition) is 2. The van der Waals surface area contributed by atoms with Crippen LogP contribution in [0.4, 0.5) is 24.5 Å². The largest absolute Gasteiger partial charge is 0.418 e. The standard InChI is InChI=1S/C21H23ClF3N3O2/c1-4-28(12-19(30)27-20-14(3)9-13(2)10-16(20)22)11-18(29)26-17-8-6-5-7-15(17)21(23,24)25/h5-10H,4,11-12H2,1-3H3,(H,26,29)(H,27,30). The molecule has 0 atom stereocenters. The van der Waals surface area contributed by atoms with Crippen LogP contribution in [0.3, 0.4) is 0 Å². The Morgan fingerprint density at radius 3 is 2.20 bits per heavy atom. The van der Waals surface area contributed by atoms with Gasteiger partial charge in [0.1, 0.15) is 0 Å². The summed E-state index contributed by atoms with van der Waals surface area (Å²) in [7, 11) is 0. The highest BCUT2D eigenvalue weighted by Crippen LogP contribution is 2.34. The van der Waals surface area contributed by atoms with Gasteiger partial charge in [-0.2, -0.15) is 13.2 Å². The van der Waals surface area contributed by atoms with E-state index in [1.165, 1.54) is 23.1 Å². The van der Waals surface area contributed by atoms with Crippen LogP contribution in [0.2, 0.25) is 5.02 Å². The molecule has 30 heavy (non-hydrogen) atoms. The quantitative estimate of drug-likeness (QED) is 0.644. The van der Waals surface area contributed by atoms with Crippen LogP contribution in [0.25, 0.3) is 0 Å². The number of anilines is 2. The van der Waals surface area contributed by atoms with Gasteiger partial charge in [-0.25, -0.2) is 0 Å². The number of carbonyl (C=O) groups is 2. The number of nitrogens with one attached hydrogen (secondary N) is 2. The van der Waals surface area contributed by atoms with Gasteiger partial charge in [-0.05, 0) is 49.7 Å². The molecule has 2 aromatic rings. The van der Waals surface area contributed by atoms with E-state index in [9.17, 15) is 22.8 Å². The third kappa shape index (κ3) is 6.47. The minimum absolute atomic E-state index is 0.117.